The van der Waals surface area contributed by atoms with Crippen LogP contribution in [0.4, 0.5) is 21.0 Å². The molecule has 276 valence electrons. The summed E-state index contributed by atoms with van der Waals surface area (Å²) in [5.41, 5.74) is -0.150. The summed E-state index contributed by atoms with van der Waals surface area (Å²) in [6.45, 7) is 14.9. The van der Waals surface area contributed by atoms with Crippen molar-refractivity contribution in [2.45, 2.75) is 104 Å². The maximum atomic E-state index is 12.6. The summed E-state index contributed by atoms with van der Waals surface area (Å²) < 4.78 is 23.2. The van der Waals surface area contributed by atoms with Crippen molar-refractivity contribution in [3.05, 3.63) is 57.5 Å². The molecule has 2 aliphatic rings. The lowest BCUT2D eigenvalue weighted by molar-refractivity contribution is -0.223. The topological polar surface area (TPSA) is 154 Å². The predicted molar refractivity (Wildman–Crippen MR) is 191 cm³/mol. The third kappa shape index (κ3) is 13.1. The Morgan fingerprint density at radius 1 is 0.660 bits per heavy atom. The molecule has 2 heterocycles. The fourth-order valence-electron chi connectivity index (χ4n) is 4.51. The number of ether oxygens (including phenoxy) is 4. The summed E-state index contributed by atoms with van der Waals surface area (Å²) in [6, 6.07) is 12.6. The number of nitrogens with zero attached hydrogens (tertiary/aromatic N) is 2. The Morgan fingerprint density at radius 2 is 0.980 bits per heavy atom. The van der Waals surface area contributed by atoms with E-state index in [1.165, 1.54) is 0 Å². The van der Waals surface area contributed by atoms with Crippen molar-refractivity contribution in [1.29, 1.82) is 0 Å². The Hall–Kier alpha value is -3.28. The highest BCUT2D eigenvalue weighted by Crippen LogP contribution is 2.28. The lowest BCUT2D eigenvalue weighted by Crippen LogP contribution is -2.44. The third-order valence-corrected chi connectivity index (χ3v) is 7.60. The van der Waals surface area contributed by atoms with E-state index in [4.69, 9.17) is 28.6 Å². The summed E-state index contributed by atoms with van der Waals surface area (Å²) in [7, 11) is 0. The van der Waals surface area contributed by atoms with E-state index < -0.39 is 48.1 Å². The molecule has 0 aromatic heterocycles. The molecule has 4 atom stereocenters. The molecule has 4 rings (SSSR count). The average molecular weight is 831 g/mol. The second kappa shape index (κ2) is 18.3. The van der Waals surface area contributed by atoms with E-state index >= 15 is 0 Å². The molecule has 2 aromatic carbocycles. The highest BCUT2D eigenvalue weighted by molar-refractivity contribution is 9.10. The largest absolute Gasteiger partial charge is 0.442 e. The van der Waals surface area contributed by atoms with E-state index in [9.17, 15) is 19.2 Å². The van der Waals surface area contributed by atoms with E-state index in [0.717, 1.165) is 19.1 Å². The average Bonchev–Trinajstić information content (AvgIpc) is 3.64. The Balaban J connectivity index is 0.000000270. The Bertz CT molecular complexity index is 1340. The normalized spacial score (nSPS) is 20.4. The number of benzene rings is 2. The van der Waals surface area contributed by atoms with Crippen molar-refractivity contribution in [3.8, 4) is 0 Å². The number of amides is 4. The Kier molecular flexibility index (Phi) is 15.0. The molecule has 0 spiro atoms. The Morgan fingerprint density at radius 3 is 1.26 bits per heavy atom. The van der Waals surface area contributed by atoms with Crippen LogP contribution < -0.4 is 10.6 Å². The molecule has 2 aromatic rings. The minimum atomic E-state index is -0.838. The van der Waals surface area contributed by atoms with Crippen LogP contribution in [0.3, 0.4) is 0 Å². The quantitative estimate of drug-likeness (QED) is 0.276. The summed E-state index contributed by atoms with van der Waals surface area (Å²) in [6.07, 6.45) is -2.31. The van der Waals surface area contributed by atoms with Crippen LogP contribution in [0.2, 0.25) is 0 Å². The van der Waals surface area contributed by atoms with Gasteiger partial charge in [0, 0.05) is 46.4 Å². The first-order valence-electron chi connectivity index (χ1n) is 16.1. The molecule has 0 bridgehead atoms. The zero-order valence-electron chi connectivity index (χ0n) is 29.5. The van der Waals surface area contributed by atoms with Crippen molar-refractivity contribution in [1.82, 2.24) is 10.1 Å². The number of hydrogen-bond donors (Lipinski definition) is 2. The molecule has 14 nitrogen and oxygen atoms in total. The monoisotopic (exact) mass is 828 g/mol. The maximum Gasteiger partial charge on any atom is 0.435 e. The van der Waals surface area contributed by atoms with Crippen molar-refractivity contribution in [3.63, 3.8) is 0 Å². The van der Waals surface area contributed by atoms with Gasteiger partial charge in [-0.1, -0.05) is 31.9 Å². The number of carbonyl (C=O) groups excluding carboxylic acids is 4. The lowest BCUT2D eigenvalue weighted by Gasteiger charge is -2.26. The molecular weight excluding hydrogens is 784 g/mol. The highest BCUT2D eigenvalue weighted by atomic mass is 79.9. The second-order valence-electron chi connectivity index (χ2n) is 13.1. The first-order chi connectivity index (χ1) is 23.4. The van der Waals surface area contributed by atoms with Gasteiger partial charge in [0.25, 0.3) is 0 Å². The minimum Gasteiger partial charge on any atom is -0.442 e. The number of hydrogen-bond acceptors (Lipinski definition) is 10. The molecule has 4 amide bonds. The van der Waals surface area contributed by atoms with Gasteiger partial charge in [-0.25, -0.2) is 19.3 Å². The minimum absolute atomic E-state index is 0.232. The van der Waals surface area contributed by atoms with Gasteiger partial charge >= 0.3 is 12.2 Å². The van der Waals surface area contributed by atoms with Crippen LogP contribution >= 0.6 is 31.9 Å². The molecule has 0 aliphatic carbocycles. The van der Waals surface area contributed by atoms with E-state index in [1.54, 1.807) is 65.8 Å². The van der Waals surface area contributed by atoms with Crippen LogP contribution in [0.5, 0.6) is 0 Å². The molecule has 0 radical (unpaired) electrons. The van der Waals surface area contributed by atoms with Gasteiger partial charge in [0.1, 0.15) is 23.3 Å². The number of nitrogens with one attached hydrogen (secondary N) is 2. The number of carbonyl (C=O) groups is 4. The van der Waals surface area contributed by atoms with Gasteiger partial charge in [-0.05, 0) is 104 Å². The van der Waals surface area contributed by atoms with Gasteiger partial charge in [0.2, 0.25) is 11.8 Å². The van der Waals surface area contributed by atoms with Crippen LogP contribution in [-0.2, 0) is 38.2 Å². The zero-order chi connectivity index (χ0) is 37.2. The number of hydroxylamine groups is 4. The van der Waals surface area contributed by atoms with Crippen molar-refractivity contribution in [2.75, 3.05) is 23.8 Å². The standard InChI is InChI=1S/2C17H23BrN2O5/c2*1-5-23-14-10-13(20(25-14)16(22)24-17(2,3)4)15(21)19-12-8-6-11(18)7-9-12/h2*6-9,13-14H,5,10H2,1-4H3,(H,19,21)/t2*13-,14-/m00/s1. The molecule has 2 aliphatic heterocycles. The van der Waals surface area contributed by atoms with Crippen LogP contribution in [0.1, 0.15) is 68.2 Å². The van der Waals surface area contributed by atoms with Crippen LogP contribution in [0.25, 0.3) is 0 Å². The van der Waals surface area contributed by atoms with Crippen LogP contribution in [0, 0.1) is 0 Å². The molecule has 16 heteroatoms. The van der Waals surface area contributed by atoms with E-state index in [-0.39, 0.29) is 24.7 Å². The summed E-state index contributed by atoms with van der Waals surface area (Å²) in [4.78, 5) is 60.9. The third-order valence-electron chi connectivity index (χ3n) is 6.54. The molecule has 0 saturated carbocycles. The van der Waals surface area contributed by atoms with Gasteiger partial charge in [-0.15, -0.1) is 0 Å². The van der Waals surface area contributed by atoms with Gasteiger partial charge in [-0.3, -0.25) is 9.59 Å². The predicted octanol–water partition coefficient (Wildman–Crippen LogP) is 7.38. The number of rotatable bonds is 8. The van der Waals surface area contributed by atoms with Gasteiger partial charge in [-0.2, -0.15) is 10.1 Å². The van der Waals surface area contributed by atoms with E-state index in [0.29, 0.717) is 24.6 Å². The zero-order valence-corrected chi connectivity index (χ0v) is 32.7. The summed E-state index contributed by atoms with van der Waals surface area (Å²) in [5.74, 6) is -0.731. The lowest BCUT2D eigenvalue weighted by atomic mass is 10.2. The van der Waals surface area contributed by atoms with Crippen molar-refractivity contribution in [2.24, 2.45) is 0 Å². The smallest absolute Gasteiger partial charge is 0.435 e. The molecule has 50 heavy (non-hydrogen) atoms. The maximum absolute atomic E-state index is 12.6. The van der Waals surface area contributed by atoms with Gasteiger partial charge in [0.15, 0.2) is 12.6 Å². The highest BCUT2D eigenvalue weighted by Gasteiger charge is 2.45. The second-order valence-corrected chi connectivity index (χ2v) is 14.9. The van der Waals surface area contributed by atoms with Crippen molar-refractivity contribution >= 4 is 67.2 Å². The first kappa shape index (κ1) is 41.1. The number of anilines is 2. The van der Waals surface area contributed by atoms with E-state index in [1.807, 2.05) is 38.1 Å². The fourth-order valence-corrected chi connectivity index (χ4v) is 5.04. The fraction of sp³-hybridized carbons (Fsp3) is 0.529. The summed E-state index contributed by atoms with van der Waals surface area (Å²) >= 11 is 6.68. The van der Waals surface area contributed by atoms with Crippen LogP contribution in [0.15, 0.2) is 57.5 Å². The van der Waals surface area contributed by atoms with Gasteiger partial charge < -0.3 is 29.6 Å². The first-order valence-corrected chi connectivity index (χ1v) is 17.7. The van der Waals surface area contributed by atoms with E-state index in [2.05, 4.69) is 42.5 Å². The summed E-state index contributed by atoms with van der Waals surface area (Å²) in [5, 5.41) is 7.47. The molecule has 2 saturated heterocycles. The molecule has 2 fully saturated rings. The SMILES string of the molecule is CCO[C@@H]1C[C@@H](C(=O)Nc2ccc(Br)cc2)N(C(=O)OC(C)(C)C)O1.CCO[C@@H]1C[C@@H](C(=O)Nc2ccc(Br)cc2)N(C(=O)OC(C)(C)C)O1. The molecular formula is C34H46Br2N4O10. The molecule has 2 N–H and O–H groups in total. The van der Waals surface area contributed by atoms with Crippen molar-refractivity contribution < 1.29 is 47.8 Å². The number of halogens is 2. The van der Waals surface area contributed by atoms with Gasteiger partial charge in [0.05, 0.1) is 0 Å². The Labute approximate surface area is 309 Å². The van der Waals surface area contributed by atoms with Crippen LogP contribution in [-0.4, -0.2) is 83.2 Å². The molecule has 0 unspecified atom stereocenters.